The first-order chi connectivity index (χ1) is 5.11. The Morgan fingerprint density at radius 3 is 2.50 bits per heavy atom. The number of halogens is 3. The van der Waals surface area contributed by atoms with Gasteiger partial charge in [0.25, 0.3) is 0 Å². The van der Waals surface area contributed by atoms with Crippen LogP contribution in [0.4, 0.5) is 0 Å². The van der Waals surface area contributed by atoms with E-state index >= 15 is 0 Å². The van der Waals surface area contributed by atoms with Crippen LogP contribution in [0.2, 0.25) is 5.02 Å². The summed E-state index contributed by atoms with van der Waals surface area (Å²) in [6, 6.07) is 5.11. The van der Waals surface area contributed by atoms with Crippen molar-refractivity contribution in [2.75, 3.05) is 0 Å². The lowest BCUT2D eigenvalue weighted by Crippen LogP contribution is -2.11. The van der Waals surface area contributed by atoms with E-state index in [9.17, 15) is 0 Å². The Labute approximate surface area is 90.1 Å². The minimum Gasteiger partial charge on any atom is -0.384 e. The Morgan fingerprint density at radius 1 is 1.50 bits per heavy atom. The van der Waals surface area contributed by atoms with Crippen molar-refractivity contribution >= 4 is 45.8 Å². The lowest BCUT2D eigenvalue weighted by atomic mass is 10.2. The largest absolute Gasteiger partial charge is 0.384 e. The molecule has 12 heavy (non-hydrogen) atoms. The van der Waals surface area contributed by atoms with Crippen molar-refractivity contribution in [3.05, 3.63) is 33.3 Å². The van der Waals surface area contributed by atoms with Crippen LogP contribution < -0.4 is 5.73 Å². The van der Waals surface area contributed by atoms with E-state index in [0.29, 0.717) is 10.6 Å². The second-order valence-corrected chi connectivity index (χ2v) is 3.33. The zero-order valence-electron chi connectivity index (χ0n) is 5.97. The molecule has 3 N–H and O–H groups in total. The normalized spacial score (nSPS) is 8.83. The molecule has 0 aliphatic heterocycles. The Balaban J connectivity index is 0.00000121. The van der Waals surface area contributed by atoms with Gasteiger partial charge in [-0.2, -0.15) is 0 Å². The quantitative estimate of drug-likeness (QED) is 0.598. The molecule has 0 bridgehead atoms. The Hall–Kier alpha value is -0.250. The van der Waals surface area contributed by atoms with E-state index < -0.39 is 0 Å². The molecule has 0 spiro atoms. The van der Waals surface area contributed by atoms with Crippen molar-refractivity contribution < 1.29 is 0 Å². The molecule has 5 heteroatoms. The van der Waals surface area contributed by atoms with E-state index in [-0.39, 0.29) is 18.2 Å². The number of amidine groups is 1. The first kappa shape index (κ1) is 11.8. The molecule has 1 aromatic carbocycles. The van der Waals surface area contributed by atoms with Gasteiger partial charge in [-0.25, -0.2) is 0 Å². The minimum absolute atomic E-state index is 0. The molecular formula is C7H7BrCl2N2. The molecule has 0 fully saturated rings. The van der Waals surface area contributed by atoms with Crippen LogP contribution in [0.1, 0.15) is 5.56 Å². The minimum atomic E-state index is 0. The monoisotopic (exact) mass is 268 g/mol. The van der Waals surface area contributed by atoms with E-state index in [0.717, 1.165) is 4.47 Å². The van der Waals surface area contributed by atoms with Gasteiger partial charge in [0.05, 0.1) is 0 Å². The average Bonchev–Trinajstić information content (AvgIpc) is 1.85. The molecular weight excluding hydrogens is 263 g/mol. The maximum absolute atomic E-state index is 7.15. The molecule has 0 unspecified atom stereocenters. The van der Waals surface area contributed by atoms with Crippen LogP contribution >= 0.6 is 39.9 Å². The van der Waals surface area contributed by atoms with Crippen molar-refractivity contribution in [3.8, 4) is 0 Å². The molecule has 0 heterocycles. The Kier molecular flexibility index (Phi) is 4.60. The number of hydrogen-bond acceptors (Lipinski definition) is 1. The van der Waals surface area contributed by atoms with Gasteiger partial charge in [0.1, 0.15) is 5.84 Å². The van der Waals surface area contributed by atoms with Gasteiger partial charge in [-0.15, -0.1) is 12.4 Å². The van der Waals surface area contributed by atoms with Gasteiger partial charge in [-0.1, -0.05) is 11.6 Å². The fourth-order valence-corrected chi connectivity index (χ4v) is 1.60. The van der Waals surface area contributed by atoms with Crippen molar-refractivity contribution in [2.24, 2.45) is 5.73 Å². The standard InChI is InChI=1S/C7H6BrClN2.ClH/c8-6-3-4(9)1-2-5(6)7(10)11;/h1-3H,(H3,10,11);1H. The van der Waals surface area contributed by atoms with Crippen LogP contribution in [0.15, 0.2) is 22.7 Å². The summed E-state index contributed by atoms with van der Waals surface area (Å²) in [6.45, 7) is 0. The molecule has 1 rings (SSSR count). The summed E-state index contributed by atoms with van der Waals surface area (Å²) < 4.78 is 0.748. The highest BCUT2D eigenvalue weighted by Gasteiger charge is 2.01. The van der Waals surface area contributed by atoms with E-state index in [1.54, 1.807) is 18.2 Å². The van der Waals surface area contributed by atoms with Crippen LogP contribution in [0.3, 0.4) is 0 Å². The van der Waals surface area contributed by atoms with Gasteiger partial charge in [0.15, 0.2) is 0 Å². The molecule has 0 aromatic heterocycles. The third-order valence-electron chi connectivity index (χ3n) is 1.22. The van der Waals surface area contributed by atoms with Gasteiger partial charge in [0, 0.05) is 15.1 Å². The van der Waals surface area contributed by atoms with Gasteiger partial charge >= 0.3 is 0 Å². The van der Waals surface area contributed by atoms with Crippen LogP contribution in [-0.2, 0) is 0 Å². The van der Waals surface area contributed by atoms with E-state index in [1.165, 1.54) is 0 Å². The summed E-state index contributed by atoms with van der Waals surface area (Å²) in [5.74, 6) is 0.0357. The predicted octanol–water partition coefficient (Wildman–Crippen LogP) is 2.81. The third-order valence-corrected chi connectivity index (χ3v) is 2.11. The molecule has 0 amide bonds. The van der Waals surface area contributed by atoms with Gasteiger partial charge < -0.3 is 5.73 Å². The molecule has 0 aliphatic carbocycles. The third kappa shape index (κ3) is 2.66. The number of nitrogens with two attached hydrogens (primary N) is 1. The second-order valence-electron chi connectivity index (χ2n) is 2.04. The van der Waals surface area contributed by atoms with E-state index in [4.69, 9.17) is 22.7 Å². The van der Waals surface area contributed by atoms with Crippen molar-refractivity contribution in [2.45, 2.75) is 0 Å². The highest BCUT2D eigenvalue weighted by Crippen LogP contribution is 2.20. The number of benzene rings is 1. The summed E-state index contributed by atoms with van der Waals surface area (Å²) in [4.78, 5) is 0. The molecule has 0 atom stereocenters. The highest BCUT2D eigenvalue weighted by atomic mass is 79.9. The predicted molar refractivity (Wildman–Crippen MR) is 57.4 cm³/mol. The maximum Gasteiger partial charge on any atom is 0.123 e. The topological polar surface area (TPSA) is 49.9 Å². The SMILES string of the molecule is Cl.N=C(N)c1ccc(Cl)cc1Br. The maximum atomic E-state index is 7.15. The van der Waals surface area contributed by atoms with Crippen LogP contribution in [0, 0.1) is 5.41 Å². The smallest absolute Gasteiger partial charge is 0.123 e. The molecule has 0 aliphatic rings. The van der Waals surface area contributed by atoms with Crippen molar-refractivity contribution in [1.29, 1.82) is 5.41 Å². The highest BCUT2D eigenvalue weighted by molar-refractivity contribution is 9.10. The fourth-order valence-electron chi connectivity index (χ4n) is 0.708. The number of nitrogens with one attached hydrogen (secondary N) is 1. The number of rotatable bonds is 1. The fraction of sp³-hybridized carbons (Fsp3) is 0. The molecule has 0 saturated heterocycles. The first-order valence-electron chi connectivity index (χ1n) is 2.90. The van der Waals surface area contributed by atoms with Gasteiger partial charge in [0.2, 0.25) is 0 Å². The summed E-state index contributed by atoms with van der Waals surface area (Å²) in [7, 11) is 0. The van der Waals surface area contributed by atoms with Crippen LogP contribution in [-0.4, -0.2) is 5.84 Å². The molecule has 2 nitrogen and oxygen atoms in total. The second kappa shape index (κ2) is 4.70. The van der Waals surface area contributed by atoms with Gasteiger partial charge in [-0.3, -0.25) is 5.41 Å². The molecule has 66 valence electrons. The number of nitrogen functional groups attached to an aromatic ring is 1. The molecule has 0 saturated carbocycles. The average molecular weight is 270 g/mol. The Bertz CT molecular complexity index is 301. The summed E-state index contributed by atoms with van der Waals surface area (Å²) in [5, 5.41) is 7.78. The summed E-state index contributed by atoms with van der Waals surface area (Å²) in [5.41, 5.74) is 5.94. The van der Waals surface area contributed by atoms with Crippen LogP contribution in [0.5, 0.6) is 0 Å². The van der Waals surface area contributed by atoms with Crippen molar-refractivity contribution in [1.82, 2.24) is 0 Å². The molecule has 1 aromatic rings. The lowest BCUT2D eigenvalue weighted by molar-refractivity contribution is 1.41. The first-order valence-corrected chi connectivity index (χ1v) is 4.08. The zero-order valence-corrected chi connectivity index (χ0v) is 9.13. The summed E-state index contributed by atoms with van der Waals surface area (Å²) in [6.07, 6.45) is 0. The van der Waals surface area contributed by atoms with Crippen LogP contribution in [0.25, 0.3) is 0 Å². The van der Waals surface area contributed by atoms with Crippen molar-refractivity contribution in [3.63, 3.8) is 0 Å². The van der Waals surface area contributed by atoms with E-state index in [2.05, 4.69) is 15.9 Å². The molecule has 0 radical (unpaired) electrons. The van der Waals surface area contributed by atoms with Gasteiger partial charge in [-0.05, 0) is 34.1 Å². The lowest BCUT2D eigenvalue weighted by Gasteiger charge is -2.00. The summed E-state index contributed by atoms with van der Waals surface area (Å²) >= 11 is 8.92. The number of hydrogen-bond donors (Lipinski definition) is 2. The zero-order chi connectivity index (χ0) is 8.43. The van der Waals surface area contributed by atoms with E-state index in [1.807, 2.05) is 0 Å². The Morgan fingerprint density at radius 2 is 2.08 bits per heavy atom.